The van der Waals surface area contributed by atoms with Gasteiger partial charge in [0.15, 0.2) is 16.7 Å². The third-order valence-electron chi connectivity index (χ3n) is 5.47. The first-order chi connectivity index (χ1) is 15.1. The van der Waals surface area contributed by atoms with Gasteiger partial charge in [0.2, 0.25) is 6.79 Å². The molecule has 0 amide bonds. The van der Waals surface area contributed by atoms with E-state index in [2.05, 4.69) is 32.0 Å². The predicted molar refractivity (Wildman–Crippen MR) is 123 cm³/mol. The monoisotopic (exact) mass is 430 g/mol. The van der Waals surface area contributed by atoms with Gasteiger partial charge in [-0.15, -0.1) is 0 Å². The zero-order valence-corrected chi connectivity index (χ0v) is 18.2. The molecule has 0 saturated carbocycles. The van der Waals surface area contributed by atoms with Crippen molar-refractivity contribution in [1.29, 1.82) is 0 Å². The minimum Gasteiger partial charge on any atom is -0.454 e. The largest absolute Gasteiger partial charge is 0.454 e. The van der Waals surface area contributed by atoms with Crippen molar-refractivity contribution in [3.63, 3.8) is 0 Å². The summed E-state index contributed by atoms with van der Waals surface area (Å²) in [6, 6.07) is 19.8. The SMILES string of the molecule is Cc1ccc(C)c(CSc2nc3ccccc3c(=O)n2Cc2ccc3c(c2)OCO3)c1. The summed E-state index contributed by atoms with van der Waals surface area (Å²) in [4.78, 5) is 18.2. The lowest BCUT2D eigenvalue weighted by Gasteiger charge is -2.14. The fraction of sp³-hybridized carbons (Fsp3) is 0.200. The number of fused-ring (bicyclic) bond motifs is 2. The van der Waals surface area contributed by atoms with Crippen LogP contribution in [0.2, 0.25) is 0 Å². The molecule has 0 spiro atoms. The van der Waals surface area contributed by atoms with Crippen molar-refractivity contribution in [2.75, 3.05) is 6.79 Å². The summed E-state index contributed by atoms with van der Waals surface area (Å²) in [6.07, 6.45) is 0. The van der Waals surface area contributed by atoms with Crippen LogP contribution in [0.4, 0.5) is 0 Å². The second-order valence-corrected chi connectivity index (χ2v) is 8.65. The number of aryl methyl sites for hydroxylation is 2. The number of nitrogens with zero attached hydrogens (tertiary/aromatic N) is 2. The lowest BCUT2D eigenvalue weighted by Crippen LogP contribution is -2.24. The molecule has 5 rings (SSSR count). The average Bonchev–Trinajstić information content (AvgIpc) is 3.24. The number of rotatable bonds is 5. The van der Waals surface area contributed by atoms with Gasteiger partial charge in [-0.1, -0.05) is 53.7 Å². The van der Waals surface area contributed by atoms with Gasteiger partial charge in [0.25, 0.3) is 5.56 Å². The molecule has 3 aromatic carbocycles. The van der Waals surface area contributed by atoms with Gasteiger partial charge < -0.3 is 9.47 Å². The zero-order chi connectivity index (χ0) is 21.4. The third kappa shape index (κ3) is 3.91. The topological polar surface area (TPSA) is 53.4 Å². The van der Waals surface area contributed by atoms with E-state index in [0.717, 1.165) is 22.6 Å². The van der Waals surface area contributed by atoms with E-state index in [9.17, 15) is 4.79 Å². The first-order valence-electron chi connectivity index (χ1n) is 10.2. The Bertz CT molecular complexity index is 1350. The fourth-order valence-corrected chi connectivity index (χ4v) is 4.78. The summed E-state index contributed by atoms with van der Waals surface area (Å²) in [7, 11) is 0. The lowest BCUT2D eigenvalue weighted by molar-refractivity contribution is 0.174. The Morgan fingerprint density at radius 2 is 1.84 bits per heavy atom. The number of ether oxygens (including phenoxy) is 2. The van der Waals surface area contributed by atoms with Crippen LogP contribution in [0.15, 0.2) is 70.6 Å². The Morgan fingerprint density at radius 3 is 2.74 bits per heavy atom. The molecule has 31 heavy (non-hydrogen) atoms. The van der Waals surface area contributed by atoms with Crippen LogP contribution in [0, 0.1) is 13.8 Å². The van der Waals surface area contributed by atoms with Gasteiger partial charge in [0.1, 0.15) is 0 Å². The van der Waals surface area contributed by atoms with Crippen molar-refractivity contribution < 1.29 is 9.47 Å². The molecule has 0 radical (unpaired) electrons. The van der Waals surface area contributed by atoms with E-state index in [1.54, 1.807) is 16.3 Å². The van der Waals surface area contributed by atoms with Gasteiger partial charge in [-0.25, -0.2) is 4.98 Å². The van der Waals surface area contributed by atoms with Crippen molar-refractivity contribution in [3.05, 3.63) is 93.3 Å². The molecule has 2 heterocycles. The van der Waals surface area contributed by atoms with Gasteiger partial charge in [0.05, 0.1) is 17.4 Å². The first-order valence-corrected chi connectivity index (χ1v) is 11.1. The number of benzene rings is 3. The van der Waals surface area contributed by atoms with Crippen LogP contribution in [0.5, 0.6) is 11.5 Å². The second kappa shape index (κ2) is 8.12. The van der Waals surface area contributed by atoms with Crippen LogP contribution >= 0.6 is 11.8 Å². The van der Waals surface area contributed by atoms with E-state index < -0.39 is 0 Å². The highest BCUT2D eigenvalue weighted by atomic mass is 32.2. The van der Waals surface area contributed by atoms with Crippen LogP contribution in [-0.2, 0) is 12.3 Å². The lowest BCUT2D eigenvalue weighted by atomic mass is 10.1. The molecule has 4 aromatic rings. The molecule has 0 N–H and O–H groups in total. The summed E-state index contributed by atoms with van der Waals surface area (Å²) in [5.74, 6) is 2.19. The molecule has 1 aliphatic rings. The highest BCUT2D eigenvalue weighted by Crippen LogP contribution is 2.33. The smallest absolute Gasteiger partial charge is 0.262 e. The van der Waals surface area contributed by atoms with Crippen LogP contribution in [0.25, 0.3) is 10.9 Å². The van der Waals surface area contributed by atoms with Crippen molar-refractivity contribution in [2.24, 2.45) is 0 Å². The quantitative estimate of drug-likeness (QED) is 0.326. The molecule has 0 aliphatic carbocycles. The average molecular weight is 431 g/mol. The fourth-order valence-electron chi connectivity index (χ4n) is 3.72. The standard InChI is InChI=1S/C25H22N2O3S/c1-16-7-8-17(2)19(11-16)14-31-25-26-21-6-4-3-5-20(21)24(28)27(25)13-18-9-10-22-23(12-18)30-15-29-22/h3-12H,13-15H2,1-2H3. The maximum atomic E-state index is 13.4. The molecular formula is C25H22N2O3S. The molecule has 0 fully saturated rings. The minimum atomic E-state index is -0.0354. The van der Waals surface area contributed by atoms with Crippen LogP contribution in [-0.4, -0.2) is 16.3 Å². The highest BCUT2D eigenvalue weighted by molar-refractivity contribution is 7.98. The Labute approximate surface area is 184 Å². The second-order valence-electron chi connectivity index (χ2n) is 7.71. The van der Waals surface area contributed by atoms with E-state index in [-0.39, 0.29) is 12.4 Å². The Hall–Kier alpha value is -3.25. The van der Waals surface area contributed by atoms with Crippen LogP contribution < -0.4 is 15.0 Å². The first kappa shape index (κ1) is 19.7. The predicted octanol–water partition coefficient (Wildman–Crippen LogP) is 5.08. The number of thioether (sulfide) groups is 1. The summed E-state index contributed by atoms with van der Waals surface area (Å²) < 4.78 is 12.7. The maximum absolute atomic E-state index is 13.4. The molecule has 0 bridgehead atoms. The normalized spacial score (nSPS) is 12.5. The molecule has 1 aliphatic heterocycles. The Balaban J connectivity index is 1.54. The molecule has 1 aromatic heterocycles. The van der Waals surface area contributed by atoms with Gasteiger partial charge in [0, 0.05) is 5.75 Å². The van der Waals surface area contributed by atoms with Gasteiger partial charge in [-0.3, -0.25) is 9.36 Å². The molecule has 6 heteroatoms. The van der Waals surface area contributed by atoms with E-state index in [1.807, 2.05) is 42.5 Å². The van der Waals surface area contributed by atoms with E-state index in [1.165, 1.54) is 16.7 Å². The summed E-state index contributed by atoms with van der Waals surface area (Å²) in [6.45, 7) is 4.86. The third-order valence-corrected chi connectivity index (χ3v) is 6.49. The van der Waals surface area contributed by atoms with E-state index in [4.69, 9.17) is 14.5 Å². The Kier molecular flexibility index (Phi) is 5.16. The molecular weight excluding hydrogens is 408 g/mol. The van der Waals surface area contributed by atoms with E-state index in [0.29, 0.717) is 22.8 Å². The highest BCUT2D eigenvalue weighted by Gasteiger charge is 2.16. The van der Waals surface area contributed by atoms with E-state index >= 15 is 0 Å². The zero-order valence-electron chi connectivity index (χ0n) is 17.4. The van der Waals surface area contributed by atoms with Crippen LogP contribution in [0.1, 0.15) is 22.3 Å². The molecule has 0 unspecified atom stereocenters. The summed E-state index contributed by atoms with van der Waals surface area (Å²) in [5, 5.41) is 1.33. The molecule has 0 saturated heterocycles. The summed E-state index contributed by atoms with van der Waals surface area (Å²) >= 11 is 1.59. The molecule has 156 valence electrons. The number of aromatic nitrogens is 2. The van der Waals surface area contributed by atoms with Crippen molar-refractivity contribution in [2.45, 2.75) is 31.3 Å². The minimum absolute atomic E-state index is 0.0354. The number of hydrogen-bond acceptors (Lipinski definition) is 5. The van der Waals surface area contributed by atoms with Crippen LogP contribution in [0.3, 0.4) is 0 Å². The van der Waals surface area contributed by atoms with Gasteiger partial charge in [-0.2, -0.15) is 0 Å². The van der Waals surface area contributed by atoms with Crippen molar-refractivity contribution >= 4 is 22.7 Å². The number of para-hydroxylation sites is 1. The van der Waals surface area contributed by atoms with Gasteiger partial charge in [-0.05, 0) is 54.8 Å². The van der Waals surface area contributed by atoms with Gasteiger partial charge >= 0.3 is 0 Å². The molecule has 0 atom stereocenters. The number of hydrogen-bond donors (Lipinski definition) is 0. The van der Waals surface area contributed by atoms with Crippen molar-refractivity contribution in [3.8, 4) is 11.5 Å². The molecule has 5 nitrogen and oxygen atoms in total. The summed E-state index contributed by atoms with van der Waals surface area (Å²) in [5.41, 5.74) is 5.37. The van der Waals surface area contributed by atoms with Crippen molar-refractivity contribution in [1.82, 2.24) is 9.55 Å². The Morgan fingerprint density at radius 1 is 1.00 bits per heavy atom. The maximum Gasteiger partial charge on any atom is 0.262 e.